The van der Waals surface area contributed by atoms with Gasteiger partial charge in [0.25, 0.3) is 0 Å². The van der Waals surface area contributed by atoms with E-state index < -0.39 is 0 Å². The fourth-order valence-corrected chi connectivity index (χ4v) is 3.53. The van der Waals surface area contributed by atoms with Crippen molar-refractivity contribution in [1.82, 2.24) is 15.1 Å². The van der Waals surface area contributed by atoms with Crippen molar-refractivity contribution in [3.05, 3.63) is 17.0 Å². The first-order valence-corrected chi connectivity index (χ1v) is 8.94. The van der Waals surface area contributed by atoms with Gasteiger partial charge in [0.15, 0.2) is 0 Å². The highest BCUT2D eigenvalue weighted by atomic mass is 16.6. The SMILES string of the molecule is CCn1nc(C)c(CCC(=O)NC[C@@H]2COC[C@@H](OC)[C@H]2OC)c1C. The number of amides is 1. The number of hydrogen-bond donors (Lipinski definition) is 1. The lowest BCUT2D eigenvalue weighted by molar-refractivity contribution is -0.147. The van der Waals surface area contributed by atoms with Crippen LogP contribution in [0.4, 0.5) is 0 Å². The average molecular weight is 353 g/mol. The molecule has 0 radical (unpaired) electrons. The van der Waals surface area contributed by atoms with Crippen LogP contribution in [0.1, 0.15) is 30.3 Å². The fourth-order valence-electron chi connectivity index (χ4n) is 3.53. The molecule has 0 aliphatic carbocycles. The van der Waals surface area contributed by atoms with Gasteiger partial charge >= 0.3 is 0 Å². The predicted octanol–water partition coefficient (Wildman–Crippen LogP) is 1.25. The molecule has 0 spiro atoms. The topological polar surface area (TPSA) is 74.6 Å². The molecule has 25 heavy (non-hydrogen) atoms. The monoisotopic (exact) mass is 353 g/mol. The van der Waals surface area contributed by atoms with Crippen molar-refractivity contribution in [2.24, 2.45) is 5.92 Å². The Morgan fingerprint density at radius 3 is 2.68 bits per heavy atom. The molecule has 142 valence electrons. The normalized spacial score (nSPS) is 23.6. The molecule has 0 bridgehead atoms. The molecule has 1 amide bonds. The third kappa shape index (κ3) is 4.80. The number of methoxy groups -OCH3 is 2. The van der Waals surface area contributed by atoms with E-state index >= 15 is 0 Å². The van der Waals surface area contributed by atoms with Gasteiger partial charge in [0.2, 0.25) is 5.91 Å². The number of rotatable bonds is 8. The van der Waals surface area contributed by atoms with Crippen LogP contribution in [0.5, 0.6) is 0 Å². The third-order valence-electron chi connectivity index (χ3n) is 5.01. The second-order valence-corrected chi connectivity index (χ2v) is 6.54. The number of carbonyl (C=O) groups is 1. The van der Waals surface area contributed by atoms with Crippen molar-refractivity contribution in [2.75, 3.05) is 34.0 Å². The highest BCUT2D eigenvalue weighted by molar-refractivity contribution is 5.76. The number of hydrogen-bond acceptors (Lipinski definition) is 5. The second-order valence-electron chi connectivity index (χ2n) is 6.54. The van der Waals surface area contributed by atoms with Crippen molar-refractivity contribution >= 4 is 5.91 Å². The summed E-state index contributed by atoms with van der Waals surface area (Å²) in [5, 5.41) is 7.51. The van der Waals surface area contributed by atoms with Crippen LogP contribution < -0.4 is 5.32 Å². The van der Waals surface area contributed by atoms with Gasteiger partial charge in [-0.15, -0.1) is 0 Å². The maximum Gasteiger partial charge on any atom is 0.220 e. The molecule has 3 atom stereocenters. The Morgan fingerprint density at radius 1 is 1.32 bits per heavy atom. The zero-order valence-electron chi connectivity index (χ0n) is 16.0. The van der Waals surface area contributed by atoms with E-state index in [1.54, 1.807) is 14.2 Å². The summed E-state index contributed by atoms with van der Waals surface area (Å²) in [6, 6.07) is 0. The summed E-state index contributed by atoms with van der Waals surface area (Å²) in [5.41, 5.74) is 3.33. The first-order chi connectivity index (χ1) is 12.0. The van der Waals surface area contributed by atoms with Crippen LogP contribution in [0, 0.1) is 19.8 Å². The van der Waals surface area contributed by atoms with E-state index in [2.05, 4.69) is 24.3 Å². The number of aryl methyl sites for hydroxylation is 2. The van der Waals surface area contributed by atoms with Crippen LogP contribution in [-0.4, -0.2) is 61.9 Å². The number of nitrogens with zero attached hydrogens (tertiary/aromatic N) is 2. The third-order valence-corrected chi connectivity index (χ3v) is 5.01. The molecule has 0 saturated carbocycles. The quantitative estimate of drug-likeness (QED) is 0.761. The van der Waals surface area contributed by atoms with Gasteiger partial charge in [0, 0.05) is 45.3 Å². The Hall–Kier alpha value is -1.44. The summed E-state index contributed by atoms with van der Waals surface area (Å²) in [7, 11) is 3.33. The molecule has 1 aliphatic heterocycles. The number of ether oxygens (including phenoxy) is 3. The Balaban J connectivity index is 1.83. The summed E-state index contributed by atoms with van der Waals surface area (Å²) >= 11 is 0. The van der Waals surface area contributed by atoms with E-state index in [9.17, 15) is 4.79 Å². The molecule has 7 nitrogen and oxygen atoms in total. The number of aromatic nitrogens is 2. The van der Waals surface area contributed by atoms with E-state index in [0.717, 1.165) is 17.9 Å². The first-order valence-electron chi connectivity index (χ1n) is 8.94. The molecule has 2 heterocycles. The van der Waals surface area contributed by atoms with Crippen molar-refractivity contribution in [3.8, 4) is 0 Å². The minimum absolute atomic E-state index is 0.0393. The van der Waals surface area contributed by atoms with E-state index in [-0.39, 0.29) is 24.0 Å². The van der Waals surface area contributed by atoms with E-state index in [1.165, 1.54) is 5.56 Å². The first kappa shape index (κ1) is 19.9. The van der Waals surface area contributed by atoms with Crippen molar-refractivity contribution in [2.45, 2.75) is 52.4 Å². The Morgan fingerprint density at radius 2 is 2.08 bits per heavy atom. The van der Waals surface area contributed by atoms with Crippen molar-refractivity contribution in [3.63, 3.8) is 0 Å². The maximum atomic E-state index is 12.3. The molecule has 1 saturated heterocycles. The molecule has 0 aromatic carbocycles. The Kier molecular flexibility index (Phi) is 7.40. The van der Waals surface area contributed by atoms with E-state index in [4.69, 9.17) is 14.2 Å². The van der Waals surface area contributed by atoms with Gasteiger partial charge in [-0.2, -0.15) is 5.10 Å². The minimum Gasteiger partial charge on any atom is -0.378 e. The van der Waals surface area contributed by atoms with Crippen LogP contribution in [-0.2, 0) is 32.0 Å². The zero-order chi connectivity index (χ0) is 18.4. The van der Waals surface area contributed by atoms with Gasteiger partial charge in [0.05, 0.1) is 25.0 Å². The number of nitrogens with one attached hydrogen (secondary N) is 1. The van der Waals surface area contributed by atoms with Crippen molar-refractivity contribution < 1.29 is 19.0 Å². The van der Waals surface area contributed by atoms with Gasteiger partial charge in [-0.25, -0.2) is 0 Å². The van der Waals surface area contributed by atoms with Crippen LogP contribution in [0.15, 0.2) is 0 Å². The Bertz CT molecular complexity index is 573. The molecule has 1 aromatic rings. The molecule has 1 N–H and O–H groups in total. The fraction of sp³-hybridized carbons (Fsp3) is 0.778. The molecule has 2 rings (SSSR count). The zero-order valence-corrected chi connectivity index (χ0v) is 16.0. The maximum absolute atomic E-state index is 12.3. The summed E-state index contributed by atoms with van der Waals surface area (Å²) in [5.74, 6) is 0.136. The van der Waals surface area contributed by atoms with Crippen LogP contribution in [0.2, 0.25) is 0 Å². The summed E-state index contributed by atoms with van der Waals surface area (Å²) in [4.78, 5) is 12.3. The lowest BCUT2D eigenvalue weighted by Gasteiger charge is -2.36. The molecular formula is C18H31N3O4. The summed E-state index contributed by atoms with van der Waals surface area (Å²) in [6.07, 6.45) is 1.01. The van der Waals surface area contributed by atoms with Gasteiger partial charge in [-0.05, 0) is 32.8 Å². The molecule has 7 heteroatoms. The van der Waals surface area contributed by atoms with Crippen LogP contribution in [0.25, 0.3) is 0 Å². The van der Waals surface area contributed by atoms with Gasteiger partial charge in [-0.3, -0.25) is 9.48 Å². The minimum atomic E-state index is -0.0918. The van der Waals surface area contributed by atoms with E-state index in [1.807, 2.05) is 11.6 Å². The molecular weight excluding hydrogens is 322 g/mol. The molecule has 1 aromatic heterocycles. The molecule has 1 aliphatic rings. The Labute approximate surface area is 150 Å². The summed E-state index contributed by atoms with van der Waals surface area (Å²) in [6.45, 7) is 8.61. The largest absolute Gasteiger partial charge is 0.378 e. The molecule has 0 unspecified atom stereocenters. The average Bonchev–Trinajstić information content (AvgIpc) is 2.90. The van der Waals surface area contributed by atoms with Gasteiger partial charge in [-0.1, -0.05) is 0 Å². The standard InChI is InChI=1S/C18H31N3O4/c1-6-21-13(3)15(12(2)20-21)7-8-17(22)19-9-14-10-25-11-16(23-4)18(14)24-5/h14,16,18H,6-11H2,1-5H3,(H,19,22)/t14-,16-,18+/m1/s1. The lowest BCUT2D eigenvalue weighted by atomic mass is 9.96. The smallest absolute Gasteiger partial charge is 0.220 e. The van der Waals surface area contributed by atoms with Crippen LogP contribution in [0.3, 0.4) is 0 Å². The number of carbonyl (C=O) groups excluding carboxylic acids is 1. The second kappa shape index (κ2) is 9.31. The van der Waals surface area contributed by atoms with Gasteiger partial charge in [0.1, 0.15) is 6.10 Å². The predicted molar refractivity (Wildman–Crippen MR) is 94.6 cm³/mol. The summed E-state index contributed by atoms with van der Waals surface area (Å²) < 4.78 is 18.5. The van der Waals surface area contributed by atoms with Crippen LogP contribution >= 0.6 is 0 Å². The van der Waals surface area contributed by atoms with Gasteiger partial charge < -0.3 is 19.5 Å². The molecule has 1 fully saturated rings. The lowest BCUT2D eigenvalue weighted by Crippen LogP contribution is -2.50. The van der Waals surface area contributed by atoms with Crippen molar-refractivity contribution in [1.29, 1.82) is 0 Å². The highest BCUT2D eigenvalue weighted by Gasteiger charge is 2.34. The highest BCUT2D eigenvalue weighted by Crippen LogP contribution is 2.20. The van der Waals surface area contributed by atoms with E-state index in [0.29, 0.717) is 32.6 Å².